The van der Waals surface area contributed by atoms with Crippen molar-refractivity contribution in [1.82, 2.24) is 0 Å². The van der Waals surface area contributed by atoms with E-state index >= 15 is 0 Å². The first kappa shape index (κ1) is 13.9. The topological polar surface area (TPSA) is 35.8 Å². The highest BCUT2D eigenvalue weighted by Crippen LogP contribution is 2.27. The van der Waals surface area contributed by atoms with Gasteiger partial charge in [-0.2, -0.15) is 5.26 Å². The van der Waals surface area contributed by atoms with Crippen LogP contribution in [0.25, 0.3) is 0 Å². The fourth-order valence-electron chi connectivity index (χ4n) is 1.62. The van der Waals surface area contributed by atoms with Crippen molar-refractivity contribution >= 4 is 33.2 Å². The summed E-state index contributed by atoms with van der Waals surface area (Å²) >= 11 is 9.01. The van der Waals surface area contributed by atoms with E-state index < -0.39 is 11.9 Å². The molecule has 0 aliphatic rings. The van der Waals surface area contributed by atoms with Crippen LogP contribution in [-0.2, 0) is 0 Å². The maximum absolute atomic E-state index is 13.4. The van der Waals surface area contributed by atoms with Crippen LogP contribution < -0.4 is 5.32 Å². The number of nitriles is 1. The van der Waals surface area contributed by atoms with Gasteiger partial charge >= 0.3 is 0 Å². The number of hydrogen-bond donors (Lipinski definition) is 1. The molecule has 5 heteroatoms. The number of nitrogens with zero attached hydrogens (tertiary/aromatic N) is 1. The first-order valence-electron chi connectivity index (χ1n) is 5.47. The summed E-state index contributed by atoms with van der Waals surface area (Å²) in [7, 11) is 0. The van der Waals surface area contributed by atoms with Crippen LogP contribution in [0, 0.1) is 17.1 Å². The maximum atomic E-state index is 13.4. The number of rotatable bonds is 3. The molecule has 1 atom stereocenters. The van der Waals surface area contributed by atoms with Crippen molar-refractivity contribution < 1.29 is 4.39 Å². The molecule has 0 radical (unpaired) electrons. The Hall–Kier alpha value is -1.57. The fraction of sp³-hybridized carbons (Fsp3) is 0.0714. The molecule has 2 rings (SSSR count). The van der Waals surface area contributed by atoms with Crippen LogP contribution in [0.15, 0.2) is 46.9 Å². The third-order valence-electron chi connectivity index (χ3n) is 2.58. The largest absolute Gasteiger partial charge is 0.365 e. The van der Waals surface area contributed by atoms with Crippen molar-refractivity contribution in [3.05, 3.63) is 63.3 Å². The SMILES string of the molecule is N#CC(Nc1ccccc1Br)c1ccc(Cl)c(F)c1. The quantitative estimate of drug-likeness (QED) is 0.861. The van der Waals surface area contributed by atoms with Crippen molar-refractivity contribution in [2.45, 2.75) is 6.04 Å². The average Bonchev–Trinajstić information content (AvgIpc) is 2.41. The van der Waals surface area contributed by atoms with Crippen LogP contribution in [0.4, 0.5) is 10.1 Å². The summed E-state index contributed by atoms with van der Waals surface area (Å²) < 4.78 is 14.3. The van der Waals surface area contributed by atoms with Gasteiger partial charge in [-0.25, -0.2) is 4.39 Å². The average molecular weight is 340 g/mol. The zero-order valence-corrected chi connectivity index (χ0v) is 12.0. The molecule has 0 saturated heterocycles. The molecule has 0 fully saturated rings. The van der Waals surface area contributed by atoms with Gasteiger partial charge in [0.15, 0.2) is 0 Å². The van der Waals surface area contributed by atoms with E-state index in [2.05, 4.69) is 27.3 Å². The van der Waals surface area contributed by atoms with E-state index in [1.165, 1.54) is 12.1 Å². The summed E-state index contributed by atoms with van der Waals surface area (Å²) in [4.78, 5) is 0. The molecule has 19 heavy (non-hydrogen) atoms. The number of nitrogens with one attached hydrogen (secondary N) is 1. The second kappa shape index (κ2) is 6.05. The predicted molar refractivity (Wildman–Crippen MR) is 77.5 cm³/mol. The van der Waals surface area contributed by atoms with E-state index in [1.807, 2.05) is 24.3 Å². The van der Waals surface area contributed by atoms with Crippen LogP contribution in [0.1, 0.15) is 11.6 Å². The molecule has 2 aromatic rings. The molecular weight excluding hydrogens is 331 g/mol. The van der Waals surface area contributed by atoms with Gasteiger partial charge in [0.1, 0.15) is 11.9 Å². The third-order valence-corrected chi connectivity index (χ3v) is 3.58. The molecule has 0 spiro atoms. The fourth-order valence-corrected chi connectivity index (χ4v) is 2.13. The summed E-state index contributed by atoms with van der Waals surface area (Å²) in [6, 6.07) is 13.2. The Kier molecular flexibility index (Phi) is 4.41. The molecular formula is C14H9BrClFN2. The minimum atomic E-state index is -0.648. The van der Waals surface area contributed by atoms with Gasteiger partial charge in [0.25, 0.3) is 0 Å². The Morgan fingerprint density at radius 1 is 1.26 bits per heavy atom. The van der Waals surface area contributed by atoms with Gasteiger partial charge < -0.3 is 5.32 Å². The zero-order chi connectivity index (χ0) is 13.8. The molecule has 1 N–H and O–H groups in total. The summed E-state index contributed by atoms with van der Waals surface area (Å²) in [5, 5.41) is 12.3. The van der Waals surface area contributed by atoms with Crippen molar-refractivity contribution in [1.29, 1.82) is 5.26 Å². The van der Waals surface area contributed by atoms with Gasteiger partial charge in [-0.05, 0) is 45.8 Å². The van der Waals surface area contributed by atoms with E-state index in [9.17, 15) is 9.65 Å². The highest BCUT2D eigenvalue weighted by molar-refractivity contribution is 9.10. The van der Waals surface area contributed by atoms with E-state index in [0.29, 0.717) is 5.56 Å². The van der Waals surface area contributed by atoms with Crippen molar-refractivity contribution in [3.63, 3.8) is 0 Å². The Labute approximate surface area is 123 Å². The molecule has 0 aromatic heterocycles. The lowest BCUT2D eigenvalue weighted by atomic mass is 10.1. The van der Waals surface area contributed by atoms with E-state index in [1.54, 1.807) is 6.07 Å². The van der Waals surface area contributed by atoms with E-state index in [0.717, 1.165) is 10.2 Å². The first-order chi connectivity index (χ1) is 9.11. The Morgan fingerprint density at radius 2 is 2.00 bits per heavy atom. The number of anilines is 1. The highest BCUT2D eigenvalue weighted by atomic mass is 79.9. The molecule has 0 aliphatic heterocycles. The maximum Gasteiger partial charge on any atom is 0.142 e. The molecule has 2 nitrogen and oxygen atoms in total. The number of para-hydroxylation sites is 1. The van der Waals surface area contributed by atoms with Crippen LogP contribution in [0.3, 0.4) is 0 Å². The lowest BCUT2D eigenvalue weighted by Gasteiger charge is -2.14. The van der Waals surface area contributed by atoms with Crippen molar-refractivity contribution in [2.75, 3.05) is 5.32 Å². The Balaban J connectivity index is 2.28. The molecule has 0 heterocycles. The minimum absolute atomic E-state index is 0.0429. The van der Waals surface area contributed by atoms with Gasteiger partial charge in [-0.1, -0.05) is 29.8 Å². The monoisotopic (exact) mass is 338 g/mol. The minimum Gasteiger partial charge on any atom is -0.365 e. The van der Waals surface area contributed by atoms with Gasteiger partial charge in [0.2, 0.25) is 0 Å². The van der Waals surface area contributed by atoms with Gasteiger partial charge in [-0.3, -0.25) is 0 Å². The van der Waals surface area contributed by atoms with E-state index in [4.69, 9.17) is 11.6 Å². The van der Waals surface area contributed by atoms with Crippen LogP contribution >= 0.6 is 27.5 Å². The Bertz CT molecular complexity index is 640. The van der Waals surface area contributed by atoms with Crippen LogP contribution in [-0.4, -0.2) is 0 Å². The molecule has 0 amide bonds. The number of benzene rings is 2. The normalized spacial score (nSPS) is 11.7. The summed E-state index contributed by atoms with van der Waals surface area (Å²) in [6.45, 7) is 0. The second-order valence-corrected chi connectivity index (χ2v) is 5.12. The zero-order valence-electron chi connectivity index (χ0n) is 9.70. The predicted octanol–water partition coefficient (Wildman–Crippen LogP) is 4.92. The second-order valence-electron chi connectivity index (χ2n) is 3.86. The van der Waals surface area contributed by atoms with Crippen LogP contribution in [0.2, 0.25) is 5.02 Å². The molecule has 0 saturated carbocycles. The summed E-state index contributed by atoms with van der Waals surface area (Å²) in [6.07, 6.45) is 0. The summed E-state index contributed by atoms with van der Waals surface area (Å²) in [5.41, 5.74) is 1.30. The first-order valence-corrected chi connectivity index (χ1v) is 6.64. The molecule has 0 aliphatic carbocycles. The number of halogens is 3. The highest BCUT2D eigenvalue weighted by Gasteiger charge is 2.13. The van der Waals surface area contributed by atoms with Crippen LogP contribution in [0.5, 0.6) is 0 Å². The lowest BCUT2D eigenvalue weighted by Crippen LogP contribution is -2.09. The molecule has 0 bridgehead atoms. The van der Waals surface area contributed by atoms with Gasteiger partial charge in [-0.15, -0.1) is 0 Å². The smallest absolute Gasteiger partial charge is 0.142 e. The van der Waals surface area contributed by atoms with E-state index in [-0.39, 0.29) is 5.02 Å². The molecule has 2 aromatic carbocycles. The standard InChI is InChI=1S/C14H9BrClFN2/c15-10-3-1-2-4-13(10)19-14(8-18)9-5-6-11(16)12(17)7-9/h1-7,14,19H. The summed E-state index contributed by atoms with van der Waals surface area (Å²) in [5.74, 6) is -0.534. The molecule has 96 valence electrons. The Morgan fingerprint density at radius 3 is 2.63 bits per heavy atom. The third kappa shape index (κ3) is 3.25. The lowest BCUT2D eigenvalue weighted by molar-refractivity contribution is 0.625. The van der Waals surface area contributed by atoms with Crippen molar-refractivity contribution in [2.24, 2.45) is 0 Å². The van der Waals surface area contributed by atoms with Gasteiger partial charge in [0, 0.05) is 10.2 Å². The van der Waals surface area contributed by atoms with Crippen molar-refractivity contribution in [3.8, 4) is 6.07 Å². The van der Waals surface area contributed by atoms with Gasteiger partial charge in [0.05, 0.1) is 11.1 Å². The number of hydrogen-bond acceptors (Lipinski definition) is 2. The molecule has 1 unspecified atom stereocenters.